The van der Waals surface area contributed by atoms with Gasteiger partial charge in [-0.25, -0.2) is 4.79 Å². The molecule has 1 aliphatic carbocycles. The maximum absolute atomic E-state index is 13.9. The Labute approximate surface area is 194 Å². The van der Waals surface area contributed by atoms with E-state index >= 15 is 0 Å². The van der Waals surface area contributed by atoms with E-state index < -0.39 is 17.4 Å². The highest BCUT2D eigenvalue weighted by molar-refractivity contribution is 6.11. The average molecular weight is 457 g/mol. The van der Waals surface area contributed by atoms with Gasteiger partial charge in [-0.05, 0) is 49.8 Å². The first-order valence-electron chi connectivity index (χ1n) is 11.8. The van der Waals surface area contributed by atoms with Crippen LogP contribution in [0.4, 0.5) is 0 Å². The maximum Gasteiger partial charge on any atom is 0.328 e. The van der Waals surface area contributed by atoms with Gasteiger partial charge in [0, 0.05) is 25.4 Å². The number of imide groups is 1. The zero-order valence-electron chi connectivity index (χ0n) is 19.4. The first-order valence-corrected chi connectivity index (χ1v) is 11.8. The molecule has 178 valence electrons. The van der Waals surface area contributed by atoms with Crippen LogP contribution in [0.15, 0.2) is 24.3 Å². The number of ether oxygens (including phenoxy) is 2. The topological polar surface area (TPSA) is 93.2 Å². The van der Waals surface area contributed by atoms with Gasteiger partial charge in [0.2, 0.25) is 17.7 Å². The number of likely N-dealkylation sites (tertiary alicyclic amines) is 2. The van der Waals surface area contributed by atoms with Crippen molar-refractivity contribution in [3.05, 3.63) is 29.8 Å². The molecule has 2 atom stereocenters. The molecule has 0 N–H and O–H groups in total. The SMILES string of the molecule is COC(=O)[C@@H]1CCCCN1C(=O)C[C@@]1(c2cccc(OC)c2)CC(=O)N(C2CCCC2)C1=O. The fourth-order valence-electron chi connectivity index (χ4n) is 5.65. The number of esters is 1. The Morgan fingerprint density at radius 3 is 2.48 bits per heavy atom. The lowest BCUT2D eigenvalue weighted by atomic mass is 9.75. The van der Waals surface area contributed by atoms with Crippen molar-refractivity contribution < 1.29 is 28.7 Å². The summed E-state index contributed by atoms with van der Waals surface area (Å²) in [5.41, 5.74) is -0.704. The molecule has 3 aliphatic rings. The van der Waals surface area contributed by atoms with Gasteiger partial charge in [-0.15, -0.1) is 0 Å². The molecule has 1 aromatic carbocycles. The van der Waals surface area contributed by atoms with Crippen molar-refractivity contribution in [1.82, 2.24) is 9.80 Å². The molecule has 2 heterocycles. The van der Waals surface area contributed by atoms with Crippen molar-refractivity contribution in [2.45, 2.75) is 75.3 Å². The lowest BCUT2D eigenvalue weighted by Crippen LogP contribution is -2.51. The minimum atomic E-state index is -1.30. The molecule has 3 fully saturated rings. The molecule has 2 aliphatic heterocycles. The second kappa shape index (κ2) is 9.53. The molecule has 0 aromatic heterocycles. The molecule has 33 heavy (non-hydrogen) atoms. The van der Waals surface area contributed by atoms with E-state index in [2.05, 4.69) is 0 Å². The normalized spacial score (nSPS) is 26.1. The van der Waals surface area contributed by atoms with Gasteiger partial charge in [0.05, 0.1) is 19.6 Å². The van der Waals surface area contributed by atoms with E-state index in [1.165, 1.54) is 24.0 Å². The maximum atomic E-state index is 13.9. The molecule has 1 saturated carbocycles. The van der Waals surface area contributed by atoms with Gasteiger partial charge in [0.25, 0.3) is 0 Å². The van der Waals surface area contributed by atoms with Crippen LogP contribution in [0, 0.1) is 0 Å². The highest BCUT2D eigenvalue weighted by Crippen LogP contribution is 2.44. The molecule has 3 amide bonds. The molecule has 0 bridgehead atoms. The minimum absolute atomic E-state index is 0.0576. The Morgan fingerprint density at radius 2 is 1.79 bits per heavy atom. The first kappa shape index (κ1) is 23.3. The molecule has 1 aromatic rings. The number of hydrogen-bond donors (Lipinski definition) is 0. The number of amides is 3. The number of nitrogens with zero attached hydrogens (tertiary/aromatic N) is 2. The van der Waals surface area contributed by atoms with Crippen LogP contribution in [0.2, 0.25) is 0 Å². The largest absolute Gasteiger partial charge is 0.497 e. The summed E-state index contributed by atoms with van der Waals surface area (Å²) in [6.45, 7) is 0.432. The second-order valence-corrected chi connectivity index (χ2v) is 9.30. The van der Waals surface area contributed by atoms with Crippen molar-refractivity contribution in [2.24, 2.45) is 0 Å². The minimum Gasteiger partial charge on any atom is -0.497 e. The van der Waals surface area contributed by atoms with Crippen LogP contribution < -0.4 is 4.74 Å². The van der Waals surface area contributed by atoms with Gasteiger partial charge < -0.3 is 14.4 Å². The Kier molecular flexibility index (Phi) is 6.72. The summed E-state index contributed by atoms with van der Waals surface area (Å²) in [6, 6.07) is 6.31. The summed E-state index contributed by atoms with van der Waals surface area (Å²) in [5, 5.41) is 0. The fourth-order valence-corrected chi connectivity index (χ4v) is 5.65. The number of methoxy groups -OCH3 is 2. The van der Waals surface area contributed by atoms with Crippen molar-refractivity contribution in [1.29, 1.82) is 0 Å². The van der Waals surface area contributed by atoms with E-state index in [0.29, 0.717) is 24.3 Å². The summed E-state index contributed by atoms with van der Waals surface area (Å²) in [7, 11) is 2.86. The molecular formula is C25H32N2O6. The molecule has 4 rings (SSSR count). The highest BCUT2D eigenvalue weighted by Gasteiger charge is 2.56. The molecule has 0 radical (unpaired) electrons. The van der Waals surface area contributed by atoms with E-state index in [9.17, 15) is 19.2 Å². The van der Waals surface area contributed by atoms with Crippen LogP contribution in [0.1, 0.15) is 63.4 Å². The molecule has 0 unspecified atom stereocenters. The Balaban J connectivity index is 1.70. The van der Waals surface area contributed by atoms with Crippen molar-refractivity contribution >= 4 is 23.7 Å². The summed E-state index contributed by atoms with van der Waals surface area (Å²) in [6.07, 6.45) is 5.50. The molecule has 8 nitrogen and oxygen atoms in total. The van der Waals surface area contributed by atoms with Gasteiger partial charge in [-0.3, -0.25) is 19.3 Å². The van der Waals surface area contributed by atoms with Crippen LogP contribution in [0.3, 0.4) is 0 Å². The van der Waals surface area contributed by atoms with Crippen molar-refractivity contribution in [3.63, 3.8) is 0 Å². The number of piperidine rings is 1. The van der Waals surface area contributed by atoms with E-state index in [1.807, 2.05) is 0 Å². The summed E-state index contributed by atoms with van der Waals surface area (Å²) >= 11 is 0. The van der Waals surface area contributed by atoms with E-state index in [1.54, 1.807) is 24.3 Å². The Hall–Kier alpha value is -2.90. The third-order valence-electron chi connectivity index (χ3n) is 7.41. The number of carbonyl (C=O) groups excluding carboxylic acids is 4. The summed E-state index contributed by atoms with van der Waals surface area (Å²) in [5.74, 6) is -0.732. The average Bonchev–Trinajstić information content (AvgIpc) is 3.45. The molecule has 8 heteroatoms. The molecule has 0 spiro atoms. The zero-order valence-corrected chi connectivity index (χ0v) is 19.4. The van der Waals surface area contributed by atoms with Crippen LogP contribution in [0.25, 0.3) is 0 Å². The van der Waals surface area contributed by atoms with E-state index in [0.717, 1.165) is 38.5 Å². The van der Waals surface area contributed by atoms with E-state index in [-0.39, 0.29) is 36.6 Å². The molecular weight excluding hydrogens is 424 g/mol. The lowest BCUT2D eigenvalue weighted by Gasteiger charge is -2.36. The van der Waals surface area contributed by atoms with Crippen LogP contribution >= 0.6 is 0 Å². The van der Waals surface area contributed by atoms with Gasteiger partial charge >= 0.3 is 5.97 Å². The highest BCUT2D eigenvalue weighted by atomic mass is 16.5. The smallest absolute Gasteiger partial charge is 0.328 e. The van der Waals surface area contributed by atoms with Gasteiger partial charge in [0.1, 0.15) is 11.8 Å². The van der Waals surface area contributed by atoms with Crippen LogP contribution in [0.5, 0.6) is 5.75 Å². The third-order valence-corrected chi connectivity index (χ3v) is 7.41. The van der Waals surface area contributed by atoms with Crippen LogP contribution in [-0.2, 0) is 29.3 Å². The van der Waals surface area contributed by atoms with Gasteiger partial charge in [0.15, 0.2) is 0 Å². The Bertz CT molecular complexity index is 941. The van der Waals surface area contributed by atoms with E-state index in [4.69, 9.17) is 9.47 Å². The van der Waals surface area contributed by atoms with Gasteiger partial charge in [-0.2, -0.15) is 0 Å². The van der Waals surface area contributed by atoms with Gasteiger partial charge in [-0.1, -0.05) is 25.0 Å². The predicted molar refractivity (Wildman–Crippen MR) is 119 cm³/mol. The standard InChI is InChI=1S/C25H32N2O6/c1-32-19-11-7-8-17(14-19)25(16-22(29)27(24(25)31)18-9-3-4-10-18)15-21(28)26-13-6-5-12-20(26)23(30)33-2/h7-8,11,14,18,20H,3-6,9-10,12-13,15-16H2,1-2H3/t20-,25-/m0/s1. The quantitative estimate of drug-likeness (QED) is 0.483. The number of carbonyl (C=O) groups is 4. The lowest BCUT2D eigenvalue weighted by molar-refractivity contribution is -0.155. The number of benzene rings is 1. The fraction of sp³-hybridized carbons (Fsp3) is 0.600. The first-order chi connectivity index (χ1) is 15.9. The molecule has 2 saturated heterocycles. The second-order valence-electron chi connectivity index (χ2n) is 9.30. The van der Waals surface area contributed by atoms with Crippen molar-refractivity contribution in [3.8, 4) is 5.75 Å². The number of rotatable bonds is 6. The van der Waals surface area contributed by atoms with Crippen LogP contribution in [-0.4, -0.2) is 66.3 Å². The summed E-state index contributed by atoms with van der Waals surface area (Å²) in [4.78, 5) is 56.0. The third kappa shape index (κ3) is 4.23. The predicted octanol–water partition coefficient (Wildman–Crippen LogP) is 2.58. The number of hydrogen-bond acceptors (Lipinski definition) is 6. The summed E-state index contributed by atoms with van der Waals surface area (Å²) < 4.78 is 10.3. The Morgan fingerprint density at radius 1 is 1.06 bits per heavy atom. The monoisotopic (exact) mass is 456 g/mol. The zero-order chi connectivity index (χ0) is 23.6. The van der Waals surface area contributed by atoms with Crippen molar-refractivity contribution in [2.75, 3.05) is 20.8 Å².